The Kier molecular flexibility index (Phi) is 11.8. The van der Waals surface area contributed by atoms with Gasteiger partial charge in [-0.3, -0.25) is 28.4 Å². The molecular formula is C14H34N3O10P3. The lowest BCUT2D eigenvalue weighted by Gasteiger charge is -2.28. The van der Waals surface area contributed by atoms with E-state index in [9.17, 15) is 28.4 Å². The van der Waals surface area contributed by atoms with Crippen LogP contribution in [0.1, 0.15) is 6.42 Å². The van der Waals surface area contributed by atoms with Crippen LogP contribution in [0, 0.1) is 0 Å². The van der Waals surface area contributed by atoms with E-state index in [0.29, 0.717) is 0 Å². The first-order valence-electron chi connectivity index (χ1n) is 9.45. The molecule has 0 radical (unpaired) electrons. The highest BCUT2D eigenvalue weighted by Crippen LogP contribution is 2.43. The predicted octanol–water partition coefficient (Wildman–Crippen LogP) is -1.81. The lowest BCUT2D eigenvalue weighted by atomic mass is 10.5. The summed E-state index contributed by atoms with van der Waals surface area (Å²) in [5, 5.41) is 36.0. The minimum absolute atomic E-state index is 0.241. The van der Waals surface area contributed by atoms with Gasteiger partial charge in [0.25, 0.3) is 0 Å². The normalized spacial score (nSPS) is 24.4. The van der Waals surface area contributed by atoms with Crippen LogP contribution in [0.15, 0.2) is 0 Å². The van der Waals surface area contributed by atoms with Gasteiger partial charge in [0.1, 0.15) is 12.7 Å². The second-order valence-corrected chi connectivity index (χ2v) is 14.5. The first-order chi connectivity index (χ1) is 13.8. The summed E-state index contributed by atoms with van der Waals surface area (Å²) in [6.45, 7) is 1.58. The van der Waals surface area contributed by atoms with Gasteiger partial charge in [-0.05, 0) is 0 Å². The number of aliphatic hydroxyl groups is 4. The second kappa shape index (κ2) is 12.5. The van der Waals surface area contributed by atoms with Crippen LogP contribution >= 0.6 is 22.1 Å². The molecule has 0 spiro atoms. The number of rotatable bonds is 11. The third-order valence-electron chi connectivity index (χ3n) is 4.64. The number of nitrogens with zero attached hydrogens (tertiary/aromatic N) is 3. The molecule has 1 heterocycles. The second-order valence-electron chi connectivity index (χ2n) is 7.59. The lowest BCUT2D eigenvalue weighted by Crippen LogP contribution is -2.37. The predicted molar refractivity (Wildman–Crippen MR) is 111 cm³/mol. The SMILES string of the molecule is O=P(O)(CO)CN1CCN(CP(=O)(O)CO)CCN(CP(=O)(O)CCC(O)O)CC1. The van der Waals surface area contributed by atoms with E-state index < -0.39 is 41.1 Å². The van der Waals surface area contributed by atoms with Gasteiger partial charge in [-0.2, -0.15) is 0 Å². The van der Waals surface area contributed by atoms with Crippen molar-refractivity contribution < 1.29 is 48.8 Å². The smallest absolute Gasteiger partial charge is 0.238 e. The maximum atomic E-state index is 12.4. The molecule has 3 unspecified atom stereocenters. The molecule has 1 aliphatic rings. The summed E-state index contributed by atoms with van der Waals surface area (Å²) < 4.78 is 36.3. The highest BCUT2D eigenvalue weighted by Gasteiger charge is 2.29. The minimum Gasteiger partial charge on any atom is -0.386 e. The fraction of sp³-hybridized carbons (Fsp3) is 1.00. The molecule has 3 atom stereocenters. The zero-order valence-electron chi connectivity index (χ0n) is 16.8. The molecule has 0 saturated carbocycles. The Labute approximate surface area is 175 Å². The van der Waals surface area contributed by atoms with Crippen molar-refractivity contribution in [2.45, 2.75) is 12.7 Å². The third kappa shape index (κ3) is 11.8. The largest absolute Gasteiger partial charge is 0.386 e. The van der Waals surface area contributed by atoms with E-state index in [4.69, 9.17) is 20.4 Å². The summed E-state index contributed by atoms with van der Waals surface area (Å²) in [5.74, 6) is 0. The van der Waals surface area contributed by atoms with Gasteiger partial charge in [0.2, 0.25) is 22.1 Å². The summed E-state index contributed by atoms with van der Waals surface area (Å²) in [4.78, 5) is 34.5. The van der Waals surface area contributed by atoms with Crippen molar-refractivity contribution in [1.29, 1.82) is 0 Å². The molecule has 0 aliphatic carbocycles. The molecular weight excluding hydrogens is 463 g/mol. The Hall–Kier alpha value is 0.290. The molecule has 0 aromatic carbocycles. The Bertz CT molecular complexity index is 629. The summed E-state index contributed by atoms with van der Waals surface area (Å²) in [5.41, 5.74) is 0. The molecule has 0 amide bonds. The Balaban J connectivity index is 2.91. The van der Waals surface area contributed by atoms with Gasteiger partial charge in [-0.1, -0.05) is 0 Å². The monoisotopic (exact) mass is 497 g/mol. The van der Waals surface area contributed by atoms with Gasteiger partial charge >= 0.3 is 0 Å². The van der Waals surface area contributed by atoms with E-state index >= 15 is 0 Å². The van der Waals surface area contributed by atoms with E-state index in [1.165, 1.54) is 0 Å². The molecule has 1 rings (SSSR count). The lowest BCUT2D eigenvalue weighted by molar-refractivity contribution is -0.0411. The zero-order chi connectivity index (χ0) is 23.0. The van der Waals surface area contributed by atoms with E-state index in [0.717, 1.165) is 0 Å². The molecule has 30 heavy (non-hydrogen) atoms. The van der Waals surface area contributed by atoms with Crippen molar-refractivity contribution in [2.24, 2.45) is 0 Å². The quantitative estimate of drug-likeness (QED) is 0.124. The maximum absolute atomic E-state index is 12.4. The number of aliphatic hydroxyl groups excluding tert-OH is 3. The summed E-state index contributed by atoms with van der Waals surface area (Å²) in [6.07, 6.45) is -4.85. The van der Waals surface area contributed by atoms with Gasteiger partial charge in [0, 0.05) is 51.9 Å². The maximum Gasteiger partial charge on any atom is 0.238 e. The van der Waals surface area contributed by atoms with Crippen molar-refractivity contribution in [3.05, 3.63) is 0 Å². The molecule has 1 saturated heterocycles. The van der Waals surface area contributed by atoms with Gasteiger partial charge in [-0.25, -0.2) is 0 Å². The van der Waals surface area contributed by atoms with Crippen molar-refractivity contribution in [2.75, 3.05) is 77.0 Å². The molecule has 0 aromatic rings. The third-order valence-corrected chi connectivity index (χ3v) is 9.01. The molecule has 180 valence electrons. The summed E-state index contributed by atoms with van der Waals surface area (Å²) in [6, 6.07) is 0. The molecule has 1 fully saturated rings. The number of hydrogen-bond acceptors (Lipinski definition) is 10. The standard InChI is InChI=1S/C14H34N3O10P3/c18-12-29(24,25)10-16-4-2-15(9-28(22,23)8-1-14(20)21)3-5-17(7-6-16)11-30(26,27)13-19/h14,18-21H,1-13H2,(H,22,23)(H,24,25)(H,26,27). The van der Waals surface area contributed by atoms with Crippen LogP contribution in [0.4, 0.5) is 0 Å². The average Bonchev–Trinajstić information content (AvgIpc) is 2.72. The van der Waals surface area contributed by atoms with Crippen LogP contribution in [0.5, 0.6) is 0 Å². The van der Waals surface area contributed by atoms with E-state index in [-0.39, 0.29) is 70.7 Å². The van der Waals surface area contributed by atoms with Crippen LogP contribution in [-0.2, 0) is 13.7 Å². The zero-order valence-corrected chi connectivity index (χ0v) is 19.5. The van der Waals surface area contributed by atoms with Crippen LogP contribution in [0.25, 0.3) is 0 Å². The van der Waals surface area contributed by atoms with Crippen molar-refractivity contribution in [1.82, 2.24) is 14.7 Å². The molecule has 13 nitrogen and oxygen atoms in total. The van der Waals surface area contributed by atoms with Gasteiger partial charge in [0.15, 0.2) is 6.29 Å². The van der Waals surface area contributed by atoms with Crippen LogP contribution < -0.4 is 0 Å². The van der Waals surface area contributed by atoms with Crippen LogP contribution in [-0.4, -0.2) is 133 Å². The van der Waals surface area contributed by atoms with Gasteiger partial charge in [-0.15, -0.1) is 0 Å². The molecule has 7 N–H and O–H groups in total. The fourth-order valence-electron chi connectivity index (χ4n) is 3.02. The molecule has 16 heteroatoms. The Morgan fingerprint density at radius 1 is 0.633 bits per heavy atom. The van der Waals surface area contributed by atoms with Crippen LogP contribution in [0.2, 0.25) is 0 Å². The van der Waals surface area contributed by atoms with Gasteiger partial charge < -0.3 is 35.1 Å². The van der Waals surface area contributed by atoms with E-state index in [2.05, 4.69) is 0 Å². The Morgan fingerprint density at radius 2 is 0.933 bits per heavy atom. The number of hydrogen-bond donors (Lipinski definition) is 7. The average molecular weight is 497 g/mol. The van der Waals surface area contributed by atoms with Gasteiger partial charge in [0.05, 0.1) is 18.9 Å². The van der Waals surface area contributed by atoms with E-state index in [1.807, 2.05) is 0 Å². The highest BCUT2D eigenvalue weighted by atomic mass is 31.2. The Morgan fingerprint density at radius 3 is 1.20 bits per heavy atom. The first-order valence-corrected chi connectivity index (χ1v) is 15.5. The highest BCUT2D eigenvalue weighted by molar-refractivity contribution is 7.58. The van der Waals surface area contributed by atoms with E-state index in [1.54, 1.807) is 14.7 Å². The molecule has 0 aromatic heterocycles. The van der Waals surface area contributed by atoms with Crippen LogP contribution in [0.3, 0.4) is 0 Å². The van der Waals surface area contributed by atoms with Crippen molar-refractivity contribution in [3.63, 3.8) is 0 Å². The first kappa shape index (κ1) is 28.3. The summed E-state index contributed by atoms with van der Waals surface area (Å²) in [7, 11) is -11.3. The molecule has 1 aliphatic heterocycles. The summed E-state index contributed by atoms with van der Waals surface area (Å²) >= 11 is 0. The molecule has 0 bridgehead atoms. The van der Waals surface area contributed by atoms with Crippen molar-refractivity contribution in [3.8, 4) is 0 Å². The minimum atomic E-state index is -3.80. The fourth-order valence-corrected chi connectivity index (χ4v) is 6.70. The topological polar surface area (TPSA) is 203 Å². The van der Waals surface area contributed by atoms with Crippen molar-refractivity contribution >= 4 is 22.1 Å².